The lowest BCUT2D eigenvalue weighted by atomic mass is 10.0. The van der Waals surface area contributed by atoms with Crippen molar-refractivity contribution in [2.45, 2.75) is 44.2 Å². The Balaban J connectivity index is 0.000000750. The van der Waals surface area contributed by atoms with E-state index in [0.717, 1.165) is 18.0 Å². The third-order valence-corrected chi connectivity index (χ3v) is 4.04. The maximum Gasteiger partial charge on any atom is 0.0224 e. The van der Waals surface area contributed by atoms with Gasteiger partial charge in [0.1, 0.15) is 0 Å². The maximum atomic E-state index is 3.53. The van der Waals surface area contributed by atoms with Crippen LogP contribution in [-0.4, -0.2) is 36.6 Å². The van der Waals surface area contributed by atoms with Gasteiger partial charge >= 0.3 is 0 Å². The van der Waals surface area contributed by atoms with Crippen LogP contribution in [0, 0.1) is 5.92 Å². The van der Waals surface area contributed by atoms with Crippen LogP contribution in [0.3, 0.4) is 0 Å². The maximum absolute atomic E-state index is 3.53. The lowest BCUT2D eigenvalue weighted by Crippen LogP contribution is -2.48. The van der Waals surface area contributed by atoms with Crippen molar-refractivity contribution >= 4 is 12.4 Å². The van der Waals surface area contributed by atoms with E-state index in [0.29, 0.717) is 0 Å². The molecule has 1 N–H and O–H groups in total. The van der Waals surface area contributed by atoms with Gasteiger partial charge in [-0.1, -0.05) is 0 Å². The van der Waals surface area contributed by atoms with Gasteiger partial charge in [-0.2, -0.15) is 0 Å². The molecule has 3 heteroatoms. The predicted molar refractivity (Wildman–Crippen MR) is 61.0 cm³/mol. The molecule has 1 unspecified atom stereocenters. The first-order chi connectivity index (χ1) is 6.45. The number of nitrogens with one attached hydrogen (secondary N) is 1. The molecule has 2 saturated heterocycles. The van der Waals surface area contributed by atoms with E-state index in [1.54, 1.807) is 0 Å². The normalized spacial score (nSPS) is 42.4. The summed E-state index contributed by atoms with van der Waals surface area (Å²) in [7, 11) is 0. The molecule has 0 aromatic heterocycles. The Hall–Kier alpha value is 0.210. The van der Waals surface area contributed by atoms with Crippen molar-refractivity contribution in [3.05, 3.63) is 0 Å². The van der Waals surface area contributed by atoms with E-state index < -0.39 is 0 Å². The molecular weight excluding hydrogens is 196 g/mol. The highest BCUT2D eigenvalue weighted by Crippen LogP contribution is 2.44. The van der Waals surface area contributed by atoms with Crippen molar-refractivity contribution in [2.75, 3.05) is 19.6 Å². The number of halogens is 1. The molecule has 0 aromatic carbocycles. The van der Waals surface area contributed by atoms with Gasteiger partial charge in [0.05, 0.1) is 0 Å². The van der Waals surface area contributed by atoms with Gasteiger partial charge in [0.2, 0.25) is 0 Å². The summed E-state index contributed by atoms with van der Waals surface area (Å²) >= 11 is 0. The number of likely N-dealkylation sites (tertiary alicyclic amines) is 1. The van der Waals surface area contributed by atoms with Crippen LogP contribution in [0.4, 0.5) is 0 Å². The van der Waals surface area contributed by atoms with Crippen LogP contribution in [0.1, 0.15) is 32.1 Å². The molecule has 0 aromatic rings. The molecule has 2 nitrogen and oxygen atoms in total. The highest BCUT2D eigenvalue weighted by Gasteiger charge is 2.46. The van der Waals surface area contributed by atoms with E-state index in [-0.39, 0.29) is 12.4 Å². The van der Waals surface area contributed by atoms with E-state index in [1.807, 2.05) is 0 Å². The SMILES string of the molecule is C1CNCC(N2CCC[C@@H]3C[C@@H]32)C1.Cl. The smallest absolute Gasteiger partial charge is 0.0224 e. The minimum atomic E-state index is 0. The van der Waals surface area contributed by atoms with Crippen molar-refractivity contribution in [2.24, 2.45) is 5.92 Å². The van der Waals surface area contributed by atoms with Crippen LogP contribution in [0.15, 0.2) is 0 Å². The molecule has 1 saturated carbocycles. The standard InChI is InChI=1S/C11H20N2.ClH/c1-4-10(8-12-5-1)13-6-2-3-9-7-11(9)13;/h9-12H,1-8H2;1H/t9-,10?,11+;/m1./s1. The topological polar surface area (TPSA) is 15.3 Å². The fraction of sp³-hybridized carbons (Fsp3) is 1.00. The second-order valence-corrected chi connectivity index (χ2v) is 4.94. The van der Waals surface area contributed by atoms with Crippen LogP contribution >= 0.6 is 12.4 Å². The second kappa shape index (κ2) is 4.38. The Kier molecular flexibility index (Phi) is 3.35. The van der Waals surface area contributed by atoms with Gasteiger partial charge in [0, 0.05) is 18.6 Å². The number of nitrogens with zero attached hydrogens (tertiary/aromatic N) is 1. The summed E-state index contributed by atoms with van der Waals surface area (Å²) < 4.78 is 0. The summed E-state index contributed by atoms with van der Waals surface area (Å²) in [6.45, 7) is 3.88. The highest BCUT2D eigenvalue weighted by molar-refractivity contribution is 5.85. The molecule has 3 rings (SSSR count). The Morgan fingerprint density at radius 3 is 2.86 bits per heavy atom. The first kappa shape index (κ1) is 10.7. The number of fused-ring (bicyclic) bond motifs is 1. The quantitative estimate of drug-likeness (QED) is 0.717. The van der Waals surface area contributed by atoms with Crippen LogP contribution in [0.25, 0.3) is 0 Å². The van der Waals surface area contributed by atoms with Gasteiger partial charge in [0.15, 0.2) is 0 Å². The summed E-state index contributed by atoms with van der Waals surface area (Å²) in [5.74, 6) is 1.09. The average molecular weight is 217 g/mol. The Morgan fingerprint density at radius 1 is 1.14 bits per heavy atom. The van der Waals surface area contributed by atoms with Crippen LogP contribution in [-0.2, 0) is 0 Å². The zero-order valence-electron chi connectivity index (χ0n) is 8.74. The highest BCUT2D eigenvalue weighted by atomic mass is 35.5. The van der Waals surface area contributed by atoms with Gasteiger partial charge in [-0.05, 0) is 51.1 Å². The minimum absolute atomic E-state index is 0. The second-order valence-electron chi connectivity index (χ2n) is 4.94. The first-order valence-electron chi connectivity index (χ1n) is 5.91. The molecule has 0 amide bonds. The molecule has 0 radical (unpaired) electrons. The Bertz CT molecular complexity index is 192. The van der Waals surface area contributed by atoms with Crippen molar-refractivity contribution in [3.63, 3.8) is 0 Å². The number of hydrogen-bond donors (Lipinski definition) is 1. The summed E-state index contributed by atoms with van der Waals surface area (Å²) in [5, 5.41) is 3.53. The largest absolute Gasteiger partial charge is 0.315 e. The number of rotatable bonds is 1. The van der Waals surface area contributed by atoms with E-state index in [1.165, 1.54) is 51.7 Å². The van der Waals surface area contributed by atoms with E-state index in [2.05, 4.69) is 10.2 Å². The molecule has 1 aliphatic carbocycles. The van der Waals surface area contributed by atoms with Crippen molar-refractivity contribution in [1.29, 1.82) is 0 Å². The monoisotopic (exact) mass is 216 g/mol. The molecule has 2 heterocycles. The fourth-order valence-electron chi connectivity index (χ4n) is 3.22. The summed E-state index contributed by atoms with van der Waals surface area (Å²) in [6, 6.07) is 1.88. The van der Waals surface area contributed by atoms with E-state index in [9.17, 15) is 0 Å². The number of hydrogen-bond acceptors (Lipinski definition) is 2. The van der Waals surface area contributed by atoms with E-state index >= 15 is 0 Å². The Labute approximate surface area is 92.8 Å². The van der Waals surface area contributed by atoms with Gasteiger partial charge in [-0.3, -0.25) is 4.90 Å². The third kappa shape index (κ3) is 1.93. The predicted octanol–water partition coefficient (Wildman–Crippen LogP) is 1.64. The molecule has 2 aliphatic heterocycles. The van der Waals surface area contributed by atoms with Crippen molar-refractivity contribution in [1.82, 2.24) is 10.2 Å². The molecule has 3 aliphatic rings. The number of piperidine rings is 2. The van der Waals surface area contributed by atoms with E-state index in [4.69, 9.17) is 0 Å². The summed E-state index contributed by atoms with van der Waals surface area (Å²) in [4.78, 5) is 2.81. The van der Waals surface area contributed by atoms with Gasteiger partial charge in [0.25, 0.3) is 0 Å². The molecule has 14 heavy (non-hydrogen) atoms. The minimum Gasteiger partial charge on any atom is -0.315 e. The molecule has 0 bridgehead atoms. The first-order valence-corrected chi connectivity index (χ1v) is 5.91. The fourth-order valence-corrected chi connectivity index (χ4v) is 3.22. The zero-order chi connectivity index (χ0) is 8.67. The summed E-state index contributed by atoms with van der Waals surface area (Å²) in [5.41, 5.74) is 0. The van der Waals surface area contributed by atoms with Crippen molar-refractivity contribution < 1.29 is 0 Å². The lowest BCUT2D eigenvalue weighted by molar-refractivity contribution is 0.128. The zero-order valence-corrected chi connectivity index (χ0v) is 9.56. The Morgan fingerprint density at radius 2 is 2.07 bits per heavy atom. The molecule has 82 valence electrons. The third-order valence-electron chi connectivity index (χ3n) is 4.04. The van der Waals surface area contributed by atoms with Crippen LogP contribution < -0.4 is 5.32 Å². The summed E-state index contributed by atoms with van der Waals surface area (Å²) in [6.07, 6.45) is 7.31. The van der Waals surface area contributed by atoms with Gasteiger partial charge < -0.3 is 5.32 Å². The van der Waals surface area contributed by atoms with Crippen LogP contribution in [0.2, 0.25) is 0 Å². The average Bonchev–Trinajstić information content (AvgIpc) is 2.97. The molecular formula is C11H21ClN2. The van der Waals surface area contributed by atoms with Gasteiger partial charge in [-0.25, -0.2) is 0 Å². The van der Waals surface area contributed by atoms with Crippen molar-refractivity contribution in [3.8, 4) is 0 Å². The lowest BCUT2D eigenvalue weighted by Gasteiger charge is -2.37. The molecule has 3 atom stereocenters. The molecule has 3 fully saturated rings. The molecule has 0 spiro atoms. The van der Waals surface area contributed by atoms with Crippen LogP contribution in [0.5, 0.6) is 0 Å². The van der Waals surface area contributed by atoms with Gasteiger partial charge in [-0.15, -0.1) is 12.4 Å².